The average molecular weight is 402 g/mol. The average Bonchev–Trinajstić information content (AvgIpc) is 2.72. The maximum atomic E-state index is 10.5. The van der Waals surface area contributed by atoms with Crippen molar-refractivity contribution >= 4 is 28.4 Å². The molecule has 4 heteroatoms. The molecule has 0 amide bonds. The van der Waals surface area contributed by atoms with E-state index < -0.39 is 0 Å². The molecule has 0 saturated carbocycles. The Labute approximate surface area is 175 Å². The summed E-state index contributed by atoms with van der Waals surface area (Å²) in [5.74, 6) is 0.343. The molecule has 0 atom stereocenters. The van der Waals surface area contributed by atoms with Crippen molar-refractivity contribution in [2.24, 2.45) is 0 Å². The van der Waals surface area contributed by atoms with Crippen LogP contribution in [0.2, 0.25) is 0 Å². The van der Waals surface area contributed by atoms with Gasteiger partial charge in [0.05, 0.1) is 5.69 Å². The molecule has 0 heterocycles. The van der Waals surface area contributed by atoms with Crippen molar-refractivity contribution in [3.8, 4) is 22.6 Å². The predicted molar refractivity (Wildman–Crippen MR) is 123 cm³/mol. The summed E-state index contributed by atoms with van der Waals surface area (Å²) in [4.78, 5) is 1.11. The molecule has 146 valence electrons. The zero-order valence-electron chi connectivity index (χ0n) is 16.4. The van der Waals surface area contributed by atoms with Crippen molar-refractivity contribution in [2.45, 2.75) is 24.7 Å². The molecule has 4 rings (SSSR count). The molecule has 0 unspecified atom stereocenters. The maximum Gasteiger partial charge on any atom is 0.127 e. The highest BCUT2D eigenvalue weighted by Crippen LogP contribution is 2.41. The normalized spacial score (nSPS) is 11.1. The van der Waals surface area contributed by atoms with E-state index in [4.69, 9.17) is 0 Å². The van der Waals surface area contributed by atoms with E-state index in [1.54, 1.807) is 0 Å². The van der Waals surface area contributed by atoms with Gasteiger partial charge >= 0.3 is 0 Å². The zero-order chi connectivity index (χ0) is 20.4. The lowest BCUT2D eigenvalue weighted by Crippen LogP contribution is -1.94. The van der Waals surface area contributed by atoms with Gasteiger partial charge in [-0.05, 0) is 58.5 Å². The summed E-state index contributed by atoms with van der Waals surface area (Å²) in [6.07, 6.45) is 0. The van der Waals surface area contributed by atoms with Gasteiger partial charge in [-0.15, -0.1) is 0 Å². The van der Waals surface area contributed by atoms with Gasteiger partial charge in [-0.2, -0.15) is 0 Å². The van der Waals surface area contributed by atoms with E-state index in [0.29, 0.717) is 5.56 Å². The van der Waals surface area contributed by atoms with Crippen molar-refractivity contribution in [3.63, 3.8) is 0 Å². The fraction of sp³-hybridized carbons (Fsp3) is 0.120. The number of fused-ring (bicyclic) bond motifs is 1. The van der Waals surface area contributed by atoms with Gasteiger partial charge in [0.1, 0.15) is 11.5 Å². The van der Waals surface area contributed by atoms with Gasteiger partial charge in [-0.25, -0.2) is 0 Å². The standard InChI is InChI=1S/C25H23NO2S/c1-16(2)21-14-22(25(28)15-24(21)27)20-9-5-6-10-23(20)26-29-19-12-11-17-7-3-4-8-18(17)13-19/h3-16,26-28H,1-2H3. The Hall–Kier alpha value is -3.11. The van der Waals surface area contributed by atoms with E-state index in [2.05, 4.69) is 35.1 Å². The molecule has 4 aromatic carbocycles. The topological polar surface area (TPSA) is 52.5 Å². The number of hydrogen-bond acceptors (Lipinski definition) is 4. The van der Waals surface area contributed by atoms with Crippen LogP contribution in [0, 0.1) is 0 Å². The number of anilines is 1. The van der Waals surface area contributed by atoms with Gasteiger partial charge in [-0.1, -0.05) is 62.4 Å². The molecule has 4 aromatic rings. The summed E-state index contributed by atoms with van der Waals surface area (Å²) in [6, 6.07) is 25.8. The molecule has 0 bridgehead atoms. The summed E-state index contributed by atoms with van der Waals surface area (Å²) >= 11 is 1.54. The van der Waals surface area contributed by atoms with E-state index in [1.807, 2.05) is 56.3 Å². The van der Waals surface area contributed by atoms with Crippen LogP contribution < -0.4 is 4.72 Å². The van der Waals surface area contributed by atoms with Crippen molar-refractivity contribution in [3.05, 3.63) is 84.4 Å². The maximum absolute atomic E-state index is 10.5. The van der Waals surface area contributed by atoms with E-state index >= 15 is 0 Å². The Morgan fingerprint density at radius 2 is 1.45 bits per heavy atom. The summed E-state index contributed by atoms with van der Waals surface area (Å²) < 4.78 is 3.43. The zero-order valence-corrected chi connectivity index (χ0v) is 17.2. The number of nitrogens with one attached hydrogen (secondary N) is 1. The quantitative estimate of drug-likeness (QED) is 0.311. The lowest BCUT2D eigenvalue weighted by molar-refractivity contribution is 0.445. The van der Waals surface area contributed by atoms with Crippen LogP contribution in [0.5, 0.6) is 11.5 Å². The van der Waals surface area contributed by atoms with Gasteiger partial charge in [0, 0.05) is 22.1 Å². The van der Waals surface area contributed by atoms with Crippen molar-refractivity contribution in [1.82, 2.24) is 0 Å². The number of phenolic OH excluding ortho intramolecular Hbond substituents is 2. The van der Waals surface area contributed by atoms with Gasteiger partial charge in [0.25, 0.3) is 0 Å². The molecule has 0 aliphatic carbocycles. The molecule has 0 radical (unpaired) electrons. The van der Waals surface area contributed by atoms with E-state index in [1.165, 1.54) is 28.8 Å². The molecule has 0 aliphatic rings. The lowest BCUT2D eigenvalue weighted by Gasteiger charge is -2.16. The number of hydrogen-bond donors (Lipinski definition) is 3. The Kier molecular flexibility index (Phi) is 5.36. The third-order valence-electron chi connectivity index (χ3n) is 4.98. The van der Waals surface area contributed by atoms with Crippen LogP contribution in [0.3, 0.4) is 0 Å². The second-order valence-electron chi connectivity index (χ2n) is 7.34. The highest BCUT2D eigenvalue weighted by molar-refractivity contribution is 8.00. The van der Waals surface area contributed by atoms with Gasteiger partial charge in [-0.3, -0.25) is 0 Å². The SMILES string of the molecule is CC(C)c1cc(-c2ccccc2NSc2ccc3ccccc3c2)c(O)cc1O. The Morgan fingerprint density at radius 1 is 0.724 bits per heavy atom. The van der Waals surface area contributed by atoms with E-state index in [0.717, 1.165) is 21.7 Å². The minimum Gasteiger partial charge on any atom is -0.508 e. The fourth-order valence-corrected chi connectivity index (χ4v) is 4.15. The smallest absolute Gasteiger partial charge is 0.127 e. The van der Waals surface area contributed by atoms with Gasteiger partial charge < -0.3 is 14.9 Å². The molecule has 3 nitrogen and oxygen atoms in total. The molecule has 0 saturated heterocycles. The molecule has 0 aromatic heterocycles. The number of aromatic hydroxyl groups is 2. The number of phenols is 2. The van der Waals surface area contributed by atoms with Crippen molar-refractivity contribution < 1.29 is 10.2 Å². The van der Waals surface area contributed by atoms with Gasteiger partial charge in [0.2, 0.25) is 0 Å². The van der Waals surface area contributed by atoms with Crippen molar-refractivity contribution in [1.29, 1.82) is 0 Å². The second kappa shape index (κ2) is 8.10. The number of para-hydroxylation sites is 1. The minimum atomic E-state index is 0.0665. The largest absolute Gasteiger partial charge is 0.508 e. The Balaban J connectivity index is 1.66. The van der Waals surface area contributed by atoms with Crippen LogP contribution in [0.25, 0.3) is 21.9 Å². The highest BCUT2D eigenvalue weighted by Gasteiger charge is 2.15. The molecule has 0 spiro atoms. The van der Waals surface area contributed by atoms with Crippen LogP contribution in [-0.4, -0.2) is 10.2 Å². The molecular weight excluding hydrogens is 378 g/mol. The first kappa shape index (κ1) is 19.2. The monoisotopic (exact) mass is 401 g/mol. The first-order chi connectivity index (χ1) is 14.0. The van der Waals surface area contributed by atoms with E-state index in [9.17, 15) is 10.2 Å². The highest BCUT2D eigenvalue weighted by atomic mass is 32.2. The predicted octanol–water partition coefficient (Wildman–Crippen LogP) is 7.16. The summed E-state index contributed by atoms with van der Waals surface area (Å²) in [5, 5.41) is 23.1. The molecule has 29 heavy (non-hydrogen) atoms. The van der Waals surface area contributed by atoms with Crippen LogP contribution in [0.15, 0.2) is 83.8 Å². The Bertz CT molecular complexity index is 1170. The first-order valence-electron chi connectivity index (χ1n) is 9.60. The van der Waals surface area contributed by atoms with Gasteiger partial charge in [0.15, 0.2) is 0 Å². The summed E-state index contributed by atoms with van der Waals surface area (Å²) in [7, 11) is 0. The molecule has 3 N–H and O–H groups in total. The minimum absolute atomic E-state index is 0.0665. The third-order valence-corrected chi connectivity index (χ3v) is 5.80. The van der Waals surface area contributed by atoms with E-state index in [-0.39, 0.29) is 17.4 Å². The fourth-order valence-electron chi connectivity index (χ4n) is 3.42. The summed E-state index contributed by atoms with van der Waals surface area (Å²) in [5.41, 5.74) is 3.31. The van der Waals surface area contributed by atoms with Crippen LogP contribution in [0.1, 0.15) is 25.3 Å². The molecule has 0 aliphatic heterocycles. The molecule has 0 fully saturated rings. The number of benzene rings is 4. The van der Waals surface area contributed by atoms with Crippen LogP contribution in [-0.2, 0) is 0 Å². The lowest BCUT2D eigenvalue weighted by atomic mass is 9.95. The Morgan fingerprint density at radius 3 is 2.24 bits per heavy atom. The number of rotatable bonds is 5. The molecular formula is C25H23NO2S. The van der Waals surface area contributed by atoms with Crippen LogP contribution in [0.4, 0.5) is 5.69 Å². The third kappa shape index (κ3) is 4.03. The van der Waals surface area contributed by atoms with Crippen molar-refractivity contribution in [2.75, 3.05) is 4.72 Å². The van der Waals surface area contributed by atoms with Crippen LogP contribution >= 0.6 is 11.9 Å². The summed E-state index contributed by atoms with van der Waals surface area (Å²) in [6.45, 7) is 4.05. The first-order valence-corrected chi connectivity index (χ1v) is 10.4. The second-order valence-corrected chi connectivity index (χ2v) is 8.22.